The highest BCUT2D eigenvalue weighted by Gasteiger charge is 2.30. The molecule has 3 heteroatoms. The van der Waals surface area contributed by atoms with Gasteiger partial charge in [0.25, 0.3) is 0 Å². The number of rotatable bonds is 2. The van der Waals surface area contributed by atoms with Gasteiger partial charge in [-0.3, -0.25) is 4.79 Å². The number of carbonyl (C=O) groups is 1. The second-order valence-electron chi connectivity index (χ2n) is 4.69. The third-order valence-corrected chi connectivity index (χ3v) is 3.66. The highest BCUT2D eigenvalue weighted by molar-refractivity contribution is 5.73. The Hall–Kier alpha value is -1.51. The normalized spacial score (nSPS) is 20.5. The topological polar surface area (TPSA) is 46.5 Å². The number of aryl methyl sites for hydroxylation is 1. The van der Waals surface area contributed by atoms with Gasteiger partial charge in [0.2, 0.25) is 0 Å². The quantitative estimate of drug-likeness (QED) is 0.800. The summed E-state index contributed by atoms with van der Waals surface area (Å²) < 4.78 is 4.82. The molecule has 0 aromatic heterocycles. The maximum absolute atomic E-state index is 11.6. The minimum atomic E-state index is -0.157. The fourth-order valence-electron chi connectivity index (χ4n) is 2.71. The number of phenols is 1. The van der Waals surface area contributed by atoms with Crippen LogP contribution in [-0.2, 0) is 16.0 Å². The minimum Gasteiger partial charge on any atom is -0.508 e. The van der Waals surface area contributed by atoms with Crippen LogP contribution in [-0.4, -0.2) is 18.2 Å². The Morgan fingerprint density at radius 3 is 3.00 bits per heavy atom. The number of carbonyl (C=O) groups excluding carboxylic acids is 1. The molecule has 0 amide bonds. The van der Waals surface area contributed by atoms with Gasteiger partial charge in [-0.05, 0) is 48.4 Å². The van der Waals surface area contributed by atoms with E-state index in [0.29, 0.717) is 5.75 Å². The SMILES string of the molecule is COC(=O)C(C)C1CCCc2cc(O)ccc21. The highest BCUT2D eigenvalue weighted by atomic mass is 16.5. The first-order valence-electron chi connectivity index (χ1n) is 6.03. The fourth-order valence-corrected chi connectivity index (χ4v) is 2.71. The number of fused-ring (bicyclic) bond motifs is 1. The van der Waals surface area contributed by atoms with Crippen LogP contribution in [0.2, 0.25) is 0 Å². The molecule has 0 saturated carbocycles. The number of methoxy groups -OCH3 is 1. The first-order chi connectivity index (χ1) is 8.13. The maximum atomic E-state index is 11.6. The molecule has 1 N–H and O–H groups in total. The molecule has 0 radical (unpaired) electrons. The fraction of sp³-hybridized carbons (Fsp3) is 0.500. The van der Waals surface area contributed by atoms with Gasteiger partial charge in [0.1, 0.15) is 5.75 Å². The highest BCUT2D eigenvalue weighted by Crippen LogP contribution is 2.38. The molecule has 2 atom stereocenters. The monoisotopic (exact) mass is 234 g/mol. The van der Waals surface area contributed by atoms with Gasteiger partial charge >= 0.3 is 5.97 Å². The van der Waals surface area contributed by atoms with Crippen molar-refractivity contribution in [3.63, 3.8) is 0 Å². The van der Waals surface area contributed by atoms with E-state index in [1.807, 2.05) is 19.1 Å². The van der Waals surface area contributed by atoms with Gasteiger partial charge in [0.15, 0.2) is 0 Å². The maximum Gasteiger partial charge on any atom is 0.308 e. The molecule has 1 aliphatic rings. The van der Waals surface area contributed by atoms with Gasteiger partial charge in [0, 0.05) is 0 Å². The summed E-state index contributed by atoms with van der Waals surface area (Å²) in [5.41, 5.74) is 2.35. The molecule has 92 valence electrons. The Labute approximate surface area is 101 Å². The van der Waals surface area contributed by atoms with Crippen LogP contribution in [0.4, 0.5) is 0 Å². The average Bonchev–Trinajstić information content (AvgIpc) is 2.35. The summed E-state index contributed by atoms with van der Waals surface area (Å²) in [6.07, 6.45) is 3.05. The van der Waals surface area contributed by atoms with Crippen LogP contribution in [0.25, 0.3) is 0 Å². The molecular weight excluding hydrogens is 216 g/mol. The average molecular weight is 234 g/mol. The molecule has 0 aliphatic heterocycles. The zero-order valence-electron chi connectivity index (χ0n) is 10.3. The van der Waals surface area contributed by atoms with E-state index in [9.17, 15) is 9.90 Å². The summed E-state index contributed by atoms with van der Waals surface area (Å²) in [7, 11) is 1.43. The van der Waals surface area contributed by atoms with Crippen LogP contribution in [0.5, 0.6) is 5.75 Å². The molecule has 2 rings (SSSR count). The number of phenolic OH excluding ortho intramolecular Hbond substituents is 1. The Bertz CT molecular complexity index is 425. The third kappa shape index (κ3) is 2.28. The summed E-state index contributed by atoms with van der Waals surface area (Å²) in [4.78, 5) is 11.6. The summed E-state index contributed by atoms with van der Waals surface area (Å²) in [5, 5.41) is 9.48. The molecule has 1 aromatic carbocycles. The molecule has 1 aromatic rings. The van der Waals surface area contributed by atoms with Crippen LogP contribution >= 0.6 is 0 Å². The molecule has 0 fully saturated rings. The van der Waals surface area contributed by atoms with E-state index in [2.05, 4.69) is 0 Å². The summed E-state index contributed by atoms with van der Waals surface area (Å²) in [6.45, 7) is 1.92. The van der Waals surface area contributed by atoms with Crippen molar-refractivity contribution in [3.05, 3.63) is 29.3 Å². The van der Waals surface area contributed by atoms with Crippen molar-refractivity contribution in [1.29, 1.82) is 0 Å². The largest absolute Gasteiger partial charge is 0.508 e. The van der Waals surface area contributed by atoms with E-state index in [1.165, 1.54) is 12.7 Å². The Morgan fingerprint density at radius 1 is 1.53 bits per heavy atom. The van der Waals surface area contributed by atoms with Crippen molar-refractivity contribution in [2.75, 3.05) is 7.11 Å². The molecule has 2 unspecified atom stereocenters. The number of aromatic hydroxyl groups is 1. The summed E-state index contributed by atoms with van der Waals surface area (Å²) in [6, 6.07) is 5.45. The van der Waals surface area contributed by atoms with Gasteiger partial charge in [-0.15, -0.1) is 0 Å². The zero-order valence-corrected chi connectivity index (χ0v) is 10.3. The number of ether oxygens (including phenoxy) is 1. The Kier molecular flexibility index (Phi) is 3.36. The van der Waals surface area contributed by atoms with Gasteiger partial charge in [-0.1, -0.05) is 13.0 Å². The predicted molar refractivity (Wildman–Crippen MR) is 65.0 cm³/mol. The Morgan fingerprint density at radius 2 is 2.29 bits per heavy atom. The van der Waals surface area contributed by atoms with Gasteiger partial charge in [-0.25, -0.2) is 0 Å². The van der Waals surface area contributed by atoms with Crippen LogP contribution in [0.3, 0.4) is 0 Å². The van der Waals surface area contributed by atoms with E-state index in [1.54, 1.807) is 6.07 Å². The third-order valence-electron chi connectivity index (χ3n) is 3.66. The van der Waals surface area contributed by atoms with Crippen molar-refractivity contribution in [3.8, 4) is 5.75 Å². The van der Waals surface area contributed by atoms with E-state index in [-0.39, 0.29) is 17.8 Å². The predicted octanol–water partition coefficient (Wildman–Crippen LogP) is 2.62. The second-order valence-corrected chi connectivity index (χ2v) is 4.69. The summed E-state index contributed by atoms with van der Waals surface area (Å²) in [5.74, 6) is 0.237. The van der Waals surface area contributed by atoms with Gasteiger partial charge in [0.05, 0.1) is 13.0 Å². The van der Waals surface area contributed by atoms with Crippen LogP contribution in [0.15, 0.2) is 18.2 Å². The summed E-state index contributed by atoms with van der Waals surface area (Å²) >= 11 is 0. The number of hydrogen-bond acceptors (Lipinski definition) is 3. The van der Waals surface area contributed by atoms with Crippen LogP contribution < -0.4 is 0 Å². The second kappa shape index (κ2) is 4.78. The Balaban J connectivity index is 2.31. The number of hydrogen-bond donors (Lipinski definition) is 1. The number of esters is 1. The molecule has 0 spiro atoms. The van der Waals surface area contributed by atoms with E-state index >= 15 is 0 Å². The lowest BCUT2D eigenvalue weighted by molar-refractivity contribution is -0.145. The molecule has 1 aliphatic carbocycles. The van der Waals surface area contributed by atoms with Crippen LogP contribution in [0, 0.1) is 5.92 Å². The zero-order chi connectivity index (χ0) is 12.4. The first-order valence-corrected chi connectivity index (χ1v) is 6.03. The molecular formula is C14H18O3. The molecule has 0 heterocycles. The lowest BCUT2D eigenvalue weighted by Crippen LogP contribution is -2.24. The van der Waals surface area contributed by atoms with E-state index in [4.69, 9.17) is 4.74 Å². The molecule has 0 saturated heterocycles. The lowest BCUT2D eigenvalue weighted by Gasteiger charge is -2.29. The standard InChI is InChI=1S/C14H18O3/c1-9(14(16)17-2)12-5-3-4-10-8-11(15)6-7-13(10)12/h6-9,12,15H,3-5H2,1-2H3. The van der Waals surface area contributed by atoms with Crippen molar-refractivity contribution < 1.29 is 14.6 Å². The number of benzene rings is 1. The molecule has 0 bridgehead atoms. The van der Waals surface area contributed by atoms with Crippen molar-refractivity contribution >= 4 is 5.97 Å². The van der Waals surface area contributed by atoms with Crippen molar-refractivity contribution in [1.82, 2.24) is 0 Å². The molecule has 3 nitrogen and oxygen atoms in total. The van der Waals surface area contributed by atoms with Crippen molar-refractivity contribution in [2.24, 2.45) is 5.92 Å². The van der Waals surface area contributed by atoms with Gasteiger partial charge < -0.3 is 9.84 Å². The van der Waals surface area contributed by atoms with E-state index in [0.717, 1.165) is 24.8 Å². The van der Waals surface area contributed by atoms with E-state index < -0.39 is 0 Å². The van der Waals surface area contributed by atoms with Crippen molar-refractivity contribution in [2.45, 2.75) is 32.1 Å². The van der Waals surface area contributed by atoms with Crippen LogP contribution in [0.1, 0.15) is 36.8 Å². The smallest absolute Gasteiger partial charge is 0.308 e. The molecule has 17 heavy (non-hydrogen) atoms. The first kappa shape index (κ1) is 12.0. The minimum absolute atomic E-state index is 0.122. The lowest BCUT2D eigenvalue weighted by atomic mass is 9.76. The van der Waals surface area contributed by atoms with Gasteiger partial charge in [-0.2, -0.15) is 0 Å².